The summed E-state index contributed by atoms with van der Waals surface area (Å²) in [5.74, 6) is 0.0699. The first-order chi connectivity index (χ1) is 13.2. The van der Waals surface area contributed by atoms with E-state index in [0.29, 0.717) is 32.6 Å². The second-order valence-corrected chi connectivity index (χ2v) is 7.96. The van der Waals surface area contributed by atoms with Crippen molar-refractivity contribution in [3.05, 3.63) is 35.9 Å². The molecule has 0 unspecified atom stereocenters. The second kappa shape index (κ2) is 10.1. The van der Waals surface area contributed by atoms with E-state index in [1.807, 2.05) is 35.2 Å². The van der Waals surface area contributed by atoms with Crippen LogP contribution >= 0.6 is 0 Å². The minimum absolute atomic E-state index is 0.0200. The Hall–Kier alpha value is -2.57. The van der Waals surface area contributed by atoms with Crippen LogP contribution in [0.5, 0.6) is 0 Å². The Morgan fingerprint density at radius 3 is 2.18 bits per heavy atom. The molecule has 0 aromatic heterocycles. The molecule has 7 heteroatoms. The molecular formula is C21H31N3O4. The molecule has 2 rings (SSSR count). The molecule has 1 aromatic rings. The molecule has 1 aromatic carbocycles. The highest BCUT2D eigenvalue weighted by molar-refractivity contribution is 5.79. The highest BCUT2D eigenvalue weighted by atomic mass is 16.6. The Balaban J connectivity index is 1.74. The first kappa shape index (κ1) is 21.7. The van der Waals surface area contributed by atoms with E-state index in [2.05, 4.69) is 5.32 Å². The first-order valence-electron chi connectivity index (χ1n) is 9.81. The lowest BCUT2D eigenvalue weighted by Crippen LogP contribution is -2.39. The number of benzene rings is 1. The van der Waals surface area contributed by atoms with E-state index in [4.69, 9.17) is 4.74 Å². The fourth-order valence-corrected chi connectivity index (χ4v) is 3.04. The summed E-state index contributed by atoms with van der Waals surface area (Å²) < 4.78 is 5.16. The number of hydrogen-bond acceptors (Lipinski definition) is 4. The Morgan fingerprint density at radius 2 is 1.57 bits per heavy atom. The average Bonchev–Trinajstić information content (AvgIpc) is 2.87. The van der Waals surface area contributed by atoms with E-state index >= 15 is 0 Å². The summed E-state index contributed by atoms with van der Waals surface area (Å²) in [5.41, 5.74) is 0.437. The number of ether oxygens (including phenoxy) is 1. The van der Waals surface area contributed by atoms with Crippen LogP contribution in [0.3, 0.4) is 0 Å². The van der Waals surface area contributed by atoms with Crippen LogP contribution in [-0.2, 0) is 20.7 Å². The molecule has 3 amide bonds. The summed E-state index contributed by atoms with van der Waals surface area (Å²) in [6.45, 7) is 7.95. The number of amides is 3. The van der Waals surface area contributed by atoms with Crippen molar-refractivity contribution in [2.75, 3.05) is 32.7 Å². The summed E-state index contributed by atoms with van der Waals surface area (Å²) in [7, 11) is 0. The number of alkyl carbamates (subject to hydrolysis) is 1. The zero-order chi connectivity index (χ0) is 20.6. The topological polar surface area (TPSA) is 79.0 Å². The average molecular weight is 389 g/mol. The van der Waals surface area contributed by atoms with Crippen molar-refractivity contribution in [3.63, 3.8) is 0 Å². The summed E-state index contributed by atoms with van der Waals surface area (Å²) in [6.07, 6.45) is 0.839. The maximum absolute atomic E-state index is 12.5. The standard InChI is InChI=1S/C21H31N3O4/c1-21(2,3)28-20(27)22-11-10-18(25)23-12-7-13-24(15-14-23)19(26)16-17-8-5-4-6-9-17/h4-6,8-9H,7,10-16H2,1-3H3,(H,22,27). The van der Waals surface area contributed by atoms with Gasteiger partial charge in [0.1, 0.15) is 5.60 Å². The second-order valence-electron chi connectivity index (χ2n) is 7.96. The zero-order valence-electron chi connectivity index (χ0n) is 17.1. The highest BCUT2D eigenvalue weighted by Crippen LogP contribution is 2.09. The number of rotatable bonds is 5. The van der Waals surface area contributed by atoms with Gasteiger partial charge in [-0.3, -0.25) is 9.59 Å². The lowest BCUT2D eigenvalue weighted by Gasteiger charge is -2.23. The van der Waals surface area contributed by atoms with Crippen LogP contribution in [-0.4, -0.2) is 66.0 Å². The summed E-state index contributed by atoms with van der Waals surface area (Å²) >= 11 is 0. The molecule has 1 aliphatic rings. The molecule has 1 aliphatic heterocycles. The zero-order valence-corrected chi connectivity index (χ0v) is 17.1. The van der Waals surface area contributed by atoms with Crippen LogP contribution in [0.1, 0.15) is 39.2 Å². The lowest BCUT2D eigenvalue weighted by atomic mass is 10.1. The van der Waals surface area contributed by atoms with Gasteiger partial charge in [-0.05, 0) is 32.8 Å². The number of carbonyl (C=O) groups excluding carboxylic acids is 3. The van der Waals surface area contributed by atoms with E-state index in [0.717, 1.165) is 12.0 Å². The highest BCUT2D eigenvalue weighted by Gasteiger charge is 2.22. The third-order valence-corrected chi connectivity index (χ3v) is 4.41. The number of nitrogens with zero attached hydrogens (tertiary/aromatic N) is 2. The van der Waals surface area contributed by atoms with Crippen LogP contribution in [0.25, 0.3) is 0 Å². The molecule has 1 heterocycles. The third kappa shape index (κ3) is 7.58. The molecular weight excluding hydrogens is 358 g/mol. The van der Waals surface area contributed by atoms with Gasteiger partial charge in [-0.25, -0.2) is 4.79 Å². The van der Waals surface area contributed by atoms with Crippen LogP contribution in [0, 0.1) is 0 Å². The van der Waals surface area contributed by atoms with Crippen LogP contribution in [0.15, 0.2) is 30.3 Å². The van der Waals surface area contributed by atoms with Crippen LogP contribution in [0.2, 0.25) is 0 Å². The van der Waals surface area contributed by atoms with E-state index in [9.17, 15) is 14.4 Å². The Bertz CT molecular complexity index is 670. The molecule has 154 valence electrons. The molecule has 1 N–H and O–H groups in total. The van der Waals surface area contributed by atoms with Crippen molar-refractivity contribution in [2.24, 2.45) is 0 Å². The van der Waals surface area contributed by atoms with E-state index in [-0.39, 0.29) is 24.8 Å². The first-order valence-corrected chi connectivity index (χ1v) is 9.81. The van der Waals surface area contributed by atoms with Crippen molar-refractivity contribution in [3.8, 4) is 0 Å². The van der Waals surface area contributed by atoms with E-state index in [1.165, 1.54) is 0 Å². The molecule has 0 atom stereocenters. The van der Waals surface area contributed by atoms with Crippen molar-refractivity contribution in [2.45, 2.75) is 45.6 Å². The fraction of sp³-hybridized carbons (Fsp3) is 0.571. The van der Waals surface area contributed by atoms with Gasteiger partial charge < -0.3 is 19.9 Å². The molecule has 0 saturated carbocycles. The van der Waals surface area contributed by atoms with Gasteiger partial charge in [-0.2, -0.15) is 0 Å². The van der Waals surface area contributed by atoms with Crippen molar-refractivity contribution >= 4 is 17.9 Å². The Labute approximate surface area is 167 Å². The summed E-state index contributed by atoms with van der Waals surface area (Å²) in [6, 6.07) is 9.68. The molecule has 1 saturated heterocycles. The molecule has 7 nitrogen and oxygen atoms in total. The van der Waals surface area contributed by atoms with Gasteiger partial charge in [0.2, 0.25) is 11.8 Å². The number of carbonyl (C=O) groups is 3. The largest absolute Gasteiger partial charge is 0.444 e. The quantitative estimate of drug-likeness (QED) is 0.837. The summed E-state index contributed by atoms with van der Waals surface area (Å²) in [5, 5.41) is 2.61. The van der Waals surface area contributed by atoms with Crippen LogP contribution < -0.4 is 5.32 Å². The Kier molecular flexibility index (Phi) is 7.84. The molecule has 0 bridgehead atoms. The van der Waals surface area contributed by atoms with Crippen molar-refractivity contribution < 1.29 is 19.1 Å². The maximum Gasteiger partial charge on any atom is 0.407 e. The minimum Gasteiger partial charge on any atom is -0.444 e. The monoisotopic (exact) mass is 389 g/mol. The minimum atomic E-state index is -0.561. The molecule has 0 radical (unpaired) electrons. The SMILES string of the molecule is CC(C)(C)OC(=O)NCCC(=O)N1CCCN(C(=O)Cc2ccccc2)CC1. The predicted octanol–water partition coefficient (Wildman–Crippen LogP) is 2.20. The smallest absolute Gasteiger partial charge is 0.407 e. The predicted molar refractivity (Wildman–Crippen MR) is 107 cm³/mol. The van der Waals surface area contributed by atoms with Gasteiger partial charge in [0.15, 0.2) is 0 Å². The van der Waals surface area contributed by atoms with Gasteiger partial charge in [-0.1, -0.05) is 30.3 Å². The molecule has 0 aliphatic carbocycles. The van der Waals surface area contributed by atoms with Gasteiger partial charge in [-0.15, -0.1) is 0 Å². The normalized spacial score (nSPS) is 15.0. The Morgan fingerprint density at radius 1 is 0.964 bits per heavy atom. The van der Waals surface area contributed by atoms with Crippen molar-refractivity contribution in [1.29, 1.82) is 0 Å². The summed E-state index contributed by atoms with van der Waals surface area (Å²) in [4.78, 5) is 40.2. The maximum atomic E-state index is 12.5. The number of nitrogens with one attached hydrogen (secondary N) is 1. The molecule has 1 fully saturated rings. The van der Waals surface area contributed by atoms with Crippen LogP contribution in [0.4, 0.5) is 4.79 Å². The molecule has 0 spiro atoms. The van der Waals surface area contributed by atoms with Gasteiger partial charge >= 0.3 is 6.09 Å². The lowest BCUT2D eigenvalue weighted by molar-refractivity contribution is -0.133. The van der Waals surface area contributed by atoms with Gasteiger partial charge in [0.05, 0.1) is 6.42 Å². The van der Waals surface area contributed by atoms with Crippen molar-refractivity contribution in [1.82, 2.24) is 15.1 Å². The fourth-order valence-electron chi connectivity index (χ4n) is 3.04. The van der Waals surface area contributed by atoms with E-state index in [1.54, 1.807) is 25.7 Å². The third-order valence-electron chi connectivity index (χ3n) is 4.41. The molecule has 28 heavy (non-hydrogen) atoms. The van der Waals surface area contributed by atoms with Gasteiger partial charge in [0, 0.05) is 39.1 Å². The van der Waals surface area contributed by atoms with Gasteiger partial charge in [0.25, 0.3) is 0 Å². The number of hydrogen-bond donors (Lipinski definition) is 1. The van der Waals surface area contributed by atoms with E-state index < -0.39 is 11.7 Å².